The number of fused-ring (bicyclic) bond motifs is 1. The lowest BCUT2D eigenvalue weighted by Gasteiger charge is -2.15. The van der Waals surface area contributed by atoms with Crippen molar-refractivity contribution in [3.8, 4) is 0 Å². The van der Waals surface area contributed by atoms with E-state index in [1.165, 1.54) is 13.3 Å². The fourth-order valence-corrected chi connectivity index (χ4v) is 1.75. The van der Waals surface area contributed by atoms with Crippen molar-refractivity contribution in [3.05, 3.63) is 30.6 Å². The molecule has 0 aliphatic rings. The van der Waals surface area contributed by atoms with Crippen molar-refractivity contribution in [1.29, 1.82) is 0 Å². The molecule has 1 aromatic carbocycles. The minimum atomic E-state index is -4.41. The van der Waals surface area contributed by atoms with Gasteiger partial charge in [0, 0.05) is 0 Å². The molecule has 0 aliphatic carbocycles. The molecule has 0 saturated heterocycles. The monoisotopic (exact) mass is 271 g/mol. The zero-order valence-corrected chi connectivity index (χ0v) is 10.1. The molecule has 1 aromatic heterocycles. The molecule has 1 unspecified atom stereocenters. The van der Waals surface area contributed by atoms with Gasteiger partial charge in [-0.2, -0.15) is 13.2 Å². The third-order valence-corrected chi connectivity index (χ3v) is 2.74. The minimum Gasteiger partial charge on any atom is -0.345 e. The summed E-state index contributed by atoms with van der Waals surface area (Å²) < 4.78 is 37.7. The second-order valence-corrected chi connectivity index (χ2v) is 4.15. The lowest BCUT2D eigenvalue weighted by Crippen LogP contribution is -2.37. The molecule has 4 nitrogen and oxygen atoms in total. The Morgan fingerprint density at radius 2 is 2.11 bits per heavy atom. The van der Waals surface area contributed by atoms with Gasteiger partial charge in [0.25, 0.3) is 0 Å². The fourth-order valence-electron chi connectivity index (χ4n) is 1.75. The van der Waals surface area contributed by atoms with E-state index in [4.69, 9.17) is 0 Å². The van der Waals surface area contributed by atoms with Crippen LogP contribution in [0.25, 0.3) is 11.0 Å². The molecule has 1 atom stereocenters. The number of hydrogen-bond donors (Lipinski definition) is 1. The lowest BCUT2D eigenvalue weighted by molar-refractivity contribution is -0.140. The number of amides is 1. The van der Waals surface area contributed by atoms with Gasteiger partial charge in [-0.1, -0.05) is 12.1 Å². The number of para-hydroxylation sites is 2. The van der Waals surface area contributed by atoms with E-state index >= 15 is 0 Å². The van der Waals surface area contributed by atoms with E-state index in [0.717, 1.165) is 0 Å². The van der Waals surface area contributed by atoms with E-state index in [1.807, 2.05) is 5.32 Å². The Hall–Kier alpha value is -2.05. The number of aromatic nitrogens is 2. The van der Waals surface area contributed by atoms with Crippen LogP contribution in [0, 0.1) is 0 Å². The van der Waals surface area contributed by atoms with Crippen molar-refractivity contribution in [1.82, 2.24) is 14.9 Å². The summed E-state index contributed by atoms with van der Waals surface area (Å²) >= 11 is 0. The first-order valence-corrected chi connectivity index (χ1v) is 5.64. The van der Waals surface area contributed by atoms with Crippen molar-refractivity contribution >= 4 is 16.9 Å². The third kappa shape index (κ3) is 3.04. The third-order valence-electron chi connectivity index (χ3n) is 2.74. The Balaban J connectivity index is 2.15. The summed E-state index contributed by atoms with van der Waals surface area (Å²) in [7, 11) is 0. The highest BCUT2D eigenvalue weighted by Crippen LogP contribution is 2.18. The highest BCUT2D eigenvalue weighted by atomic mass is 19.4. The van der Waals surface area contributed by atoms with E-state index in [1.54, 1.807) is 28.8 Å². The van der Waals surface area contributed by atoms with Gasteiger partial charge in [-0.05, 0) is 19.1 Å². The standard InChI is InChI=1S/C12H12F3N3O/c1-8(11(19)16-6-12(13,14)15)18-7-17-9-4-2-3-5-10(9)18/h2-5,7-8H,6H2,1H3,(H,16,19). The summed E-state index contributed by atoms with van der Waals surface area (Å²) in [6, 6.07) is 6.35. The van der Waals surface area contributed by atoms with Crippen molar-refractivity contribution < 1.29 is 18.0 Å². The molecular formula is C12H12F3N3O. The van der Waals surface area contributed by atoms with Crippen LogP contribution in [0.3, 0.4) is 0 Å². The topological polar surface area (TPSA) is 46.9 Å². The van der Waals surface area contributed by atoms with Gasteiger partial charge in [0.2, 0.25) is 5.91 Å². The largest absolute Gasteiger partial charge is 0.405 e. The second kappa shape index (κ2) is 4.91. The first-order valence-electron chi connectivity index (χ1n) is 5.64. The average Bonchev–Trinajstić information content (AvgIpc) is 2.78. The Bertz CT molecular complexity index is 591. The van der Waals surface area contributed by atoms with Crippen LogP contribution in [-0.4, -0.2) is 28.2 Å². The smallest absolute Gasteiger partial charge is 0.345 e. The summed E-state index contributed by atoms with van der Waals surface area (Å²) in [4.78, 5) is 15.8. The van der Waals surface area contributed by atoms with E-state index in [2.05, 4.69) is 4.98 Å². The molecule has 7 heteroatoms. The SMILES string of the molecule is CC(C(=O)NCC(F)(F)F)n1cnc2ccccc21. The predicted octanol–water partition coefficient (Wildman–Crippen LogP) is 2.28. The van der Waals surface area contributed by atoms with Crippen LogP contribution in [0.1, 0.15) is 13.0 Å². The first-order chi connectivity index (χ1) is 8.88. The van der Waals surface area contributed by atoms with E-state index in [9.17, 15) is 18.0 Å². The second-order valence-electron chi connectivity index (χ2n) is 4.15. The van der Waals surface area contributed by atoms with Crippen molar-refractivity contribution in [2.75, 3.05) is 6.54 Å². The number of nitrogens with one attached hydrogen (secondary N) is 1. The van der Waals surface area contributed by atoms with E-state index < -0.39 is 24.7 Å². The van der Waals surface area contributed by atoms with Gasteiger partial charge in [-0.15, -0.1) is 0 Å². The van der Waals surface area contributed by atoms with Crippen LogP contribution in [-0.2, 0) is 4.79 Å². The van der Waals surface area contributed by atoms with Crippen molar-refractivity contribution in [2.24, 2.45) is 0 Å². The van der Waals surface area contributed by atoms with Gasteiger partial charge in [-0.25, -0.2) is 4.98 Å². The van der Waals surface area contributed by atoms with Gasteiger partial charge in [0.1, 0.15) is 12.6 Å². The number of imidazole rings is 1. The number of alkyl halides is 3. The zero-order chi connectivity index (χ0) is 14.0. The maximum atomic E-state index is 12.0. The Kier molecular flexibility index (Phi) is 3.46. The van der Waals surface area contributed by atoms with Gasteiger partial charge >= 0.3 is 6.18 Å². The maximum Gasteiger partial charge on any atom is 0.405 e. The number of halogens is 3. The molecule has 1 amide bonds. The number of carbonyl (C=O) groups excluding carboxylic acids is 1. The molecule has 1 N–H and O–H groups in total. The van der Waals surface area contributed by atoms with E-state index in [-0.39, 0.29) is 0 Å². The molecule has 102 valence electrons. The van der Waals surface area contributed by atoms with E-state index in [0.29, 0.717) is 11.0 Å². The first kappa shape index (κ1) is 13.4. The quantitative estimate of drug-likeness (QED) is 0.931. The summed E-state index contributed by atoms with van der Waals surface area (Å²) in [5, 5.41) is 1.86. The van der Waals surface area contributed by atoms with Gasteiger partial charge < -0.3 is 9.88 Å². The molecule has 0 bridgehead atoms. The summed E-state index contributed by atoms with van der Waals surface area (Å²) in [6.45, 7) is 0.197. The van der Waals surface area contributed by atoms with Crippen LogP contribution in [0.4, 0.5) is 13.2 Å². The molecular weight excluding hydrogens is 259 g/mol. The zero-order valence-electron chi connectivity index (χ0n) is 10.1. The van der Waals surface area contributed by atoms with Crippen LogP contribution in [0.15, 0.2) is 30.6 Å². The molecule has 0 radical (unpaired) electrons. The van der Waals surface area contributed by atoms with Crippen LogP contribution < -0.4 is 5.32 Å². The van der Waals surface area contributed by atoms with Crippen molar-refractivity contribution in [3.63, 3.8) is 0 Å². The average molecular weight is 271 g/mol. The Morgan fingerprint density at radius 1 is 1.42 bits per heavy atom. The predicted molar refractivity (Wildman–Crippen MR) is 63.5 cm³/mol. The minimum absolute atomic E-state index is 0.693. The summed E-state index contributed by atoms with van der Waals surface area (Å²) in [5.41, 5.74) is 1.40. The van der Waals surface area contributed by atoms with Crippen LogP contribution in [0.2, 0.25) is 0 Å². The number of hydrogen-bond acceptors (Lipinski definition) is 2. The normalized spacial score (nSPS) is 13.5. The molecule has 19 heavy (non-hydrogen) atoms. The summed E-state index contributed by atoms with van der Waals surface area (Å²) in [6.07, 6.45) is -2.96. The number of nitrogens with zero attached hydrogens (tertiary/aromatic N) is 2. The summed E-state index contributed by atoms with van der Waals surface area (Å²) in [5.74, 6) is -0.694. The van der Waals surface area contributed by atoms with Gasteiger partial charge in [0.05, 0.1) is 17.4 Å². The highest BCUT2D eigenvalue weighted by Gasteiger charge is 2.29. The molecule has 0 fully saturated rings. The highest BCUT2D eigenvalue weighted by molar-refractivity contribution is 5.83. The maximum absolute atomic E-state index is 12.0. The fraction of sp³-hybridized carbons (Fsp3) is 0.333. The van der Waals surface area contributed by atoms with Gasteiger partial charge in [-0.3, -0.25) is 4.79 Å². The lowest BCUT2D eigenvalue weighted by atomic mass is 10.2. The van der Waals surface area contributed by atoms with Crippen LogP contribution in [0.5, 0.6) is 0 Å². The Labute approximate surface area is 107 Å². The Morgan fingerprint density at radius 3 is 2.79 bits per heavy atom. The molecule has 1 heterocycles. The number of carbonyl (C=O) groups is 1. The molecule has 0 saturated carbocycles. The number of benzene rings is 1. The van der Waals surface area contributed by atoms with Crippen molar-refractivity contribution in [2.45, 2.75) is 19.1 Å². The van der Waals surface area contributed by atoms with Gasteiger partial charge in [0.15, 0.2) is 0 Å². The molecule has 0 spiro atoms. The number of rotatable bonds is 3. The molecule has 2 aromatic rings. The molecule has 0 aliphatic heterocycles. The molecule has 2 rings (SSSR count). The van der Waals surface area contributed by atoms with Crippen LogP contribution >= 0.6 is 0 Å².